The summed E-state index contributed by atoms with van der Waals surface area (Å²) in [5.41, 5.74) is 0.386. The van der Waals surface area contributed by atoms with Crippen LogP contribution in [0.15, 0.2) is 55.0 Å². The van der Waals surface area contributed by atoms with Gasteiger partial charge in [-0.2, -0.15) is 17.6 Å². The standard InChI is InChI=1S/C23H17F5N4O2/c1-12(21-17(24)7-14(10-30-21)23(26,27)28)34-15-4-5-16(19(8-15)33-2)18-11-31-22(32-18)13-3-6-20(25)29-9-13/h3-12H,1-2H3,(H,31,32). The summed E-state index contributed by atoms with van der Waals surface area (Å²) in [5, 5.41) is 0. The molecule has 0 bridgehead atoms. The van der Waals surface area contributed by atoms with Gasteiger partial charge in [0.1, 0.15) is 34.9 Å². The third-order valence-electron chi connectivity index (χ3n) is 4.93. The Bertz CT molecular complexity index is 1310. The fourth-order valence-electron chi connectivity index (χ4n) is 3.25. The molecule has 1 unspecified atom stereocenters. The van der Waals surface area contributed by atoms with Gasteiger partial charge in [-0.1, -0.05) is 0 Å². The van der Waals surface area contributed by atoms with Crippen molar-refractivity contribution in [1.82, 2.24) is 19.9 Å². The Hall–Kier alpha value is -4.02. The molecule has 0 amide bonds. The zero-order valence-electron chi connectivity index (χ0n) is 17.8. The number of pyridine rings is 2. The van der Waals surface area contributed by atoms with E-state index in [9.17, 15) is 22.0 Å². The van der Waals surface area contributed by atoms with E-state index in [0.717, 1.165) is 0 Å². The van der Waals surface area contributed by atoms with Crippen molar-refractivity contribution in [2.45, 2.75) is 19.2 Å². The molecule has 6 nitrogen and oxygen atoms in total. The van der Waals surface area contributed by atoms with E-state index in [2.05, 4.69) is 19.9 Å². The van der Waals surface area contributed by atoms with Crippen LogP contribution in [0.25, 0.3) is 22.6 Å². The Morgan fingerprint density at radius 3 is 2.38 bits per heavy atom. The monoisotopic (exact) mass is 476 g/mol. The predicted molar refractivity (Wildman–Crippen MR) is 112 cm³/mol. The summed E-state index contributed by atoms with van der Waals surface area (Å²) in [7, 11) is 1.45. The number of aromatic amines is 1. The number of methoxy groups -OCH3 is 1. The lowest BCUT2D eigenvalue weighted by molar-refractivity contribution is -0.138. The van der Waals surface area contributed by atoms with Crippen LogP contribution in [-0.2, 0) is 6.18 Å². The zero-order valence-corrected chi connectivity index (χ0v) is 17.8. The molecule has 0 saturated carbocycles. The number of alkyl halides is 3. The topological polar surface area (TPSA) is 72.9 Å². The van der Waals surface area contributed by atoms with Crippen LogP contribution in [0.3, 0.4) is 0 Å². The van der Waals surface area contributed by atoms with Crippen molar-refractivity contribution in [3.8, 4) is 34.1 Å². The van der Waals surface area contributed by atoms with Crippen molar-refractivity contribution < 1.29 is 31.4 Å². The first-order valence-electron chi connectivity index (χ1n) is 9.90. The minimum absolute atomic E-state index is 0.262. The van der Waals surface area contributed by atoms with Gasteiger partial charge in [0.25, 0.3) is 0 Å². The number of hydrogen-bond donors (Lipinski definition) is 1. The Labute approximate surface area is 190 Å². The molecule has 0 radical (unpaired) electrons. The van der Waals surface area contributed by atoms with Gasteiger partial charge >= 0.3 is 6.18 Å². The summed E-state index contributed by atoms with van der Waals surface area (Å²) >= 11 is 0. The van der Waals surface area contributed by atoms with Crippen LogP contribution in [0.1, 0.15) is 24.3 Å². The Balaban J connectivity index is 1.55. The summed E-state index contributed by atoms with van der Waals surface area (Å²) in [6.07, 6.45) is -2.18. The van der Waals surface area contributed by atoms with E-state index in [-0.39, 0.29) is 11.4 Å². The molecule has 0 aliphatic heterocycles. The van der Waals surface area contributed by atoms with E-state index in [1.807, 2.05) is 0 Å². The van der Waals surface area contributed by atoms with Crippen LogP contribution in [0.5, 0.6) is 11.5 Å². The van der Waals surface area contributed by atoms with Crippen molar-refractivity contribution in [2.75, 3.05) is 7.11 Å². The second-order valence-electron chi connectivity index (χ2n) is 7.23. The lowest BCUT2D eigenvalue weighted by Crippen LogP contribution is -2.12. The van der Waals surface area contributed by atoms with Crippen LogP contribution in [0, 0.1) is 11.8 Å². The van der Waals surface area contributed by atoms with Crippen molar-refractivity contribution >= 4 is 0 Å². The molecule has 1 atom stereocenters. The minimum Gasteiger partial charge on any atom is -0.496 e. The highest BCUT2D eigenvalue weighted by molar-refractivity contribution is 5.70. The molecular formula is C23H17F5N4O2. The maximum Gasteiger partial charge on any atom is 0.417 e. The summed E-state index contributed by atoms with van der Waals surface area (Å²) in [6.45, 7) is 1.47. The number of ether oxygens (including phenoxy) is 2. The number of H-pyrrole nitrogens is 1. The number of rotatable bonds is 6. The lowest BCUT2D eigenvalue weighted by atomic mass is 10.1. The number of nitrogens with one attached hydrogen (secondary N) is 1. The molecule has 34 heavy (non-hydrogen) atoms. The highest BCUT2D eigenvalue weighted by Gasteiger charge is 2.32. The van der Waals surface area contributed by atoms with E-state index in [1.165, 1.54) is 32.4 Å². The lowest BCUT2D eigenvalue weighted by Gasteiger charge is -2.17. The smallest absolute Gasteiger partial charge is 0.417 e. The SMILES string of the molecule is COc1cc(OC(C)c2ncc(C(F)(F)F)cc2F)ccc1-c1cnc(-c2ccc(F)nc2)[nH]1. The fourth-order valence-corrected chi connectivity index (χ4v) is 3.25. The van der Waals surface area contributed by atoms with E-state index >= 15 is 0 Å². The average Bonchev–Trinajstić information content (AvgIpc) is 3.28. The predicted octanol–water partition coefficient (Wildman–Crippen LogP) is 5.98. The maximum absolute atomic E-state index is 14.2. The molecule has 1 aromatic carbocycles. The second-order valence-corrected chi connectivity index (χ2v) is 7.23. The zero-order chi connectivity index (χ0) is 24.5. The maximum atomic E-state index is 14.2. The minimum atomic E-state index is -4.70. The van der Waals surface area contributed by atoms with Crippen LogP contribution >= 0.6 is 0 Å². The largest absolute Gasteiger partial charge is 0.496 e. The number of aromatic nitrogens is 4. The van der Waals surface area contributed by atoms with Gasteiger partial charge < -0.3 is 14.5 Å². The van der Waals surface area contributed by atoms with Gasteiger partial charge in [0.15, 0.2) is 0 Å². The number of imidazole rings is 1. The van der Waals surface area contributed by atoms with Crippen LogP contribution in [-0.4, -0.2) is 27.0 Å². The van der Waals surface area contributed by atoms with Gasteiger partial charge in [0.05, 0.1) is 24.6 Å². The molecule has 176 valence electrons. The molecule has 11 heteroatoms. The fraction of sp³-hybridized carbons (Fsp3) is 0.174. The Morgan fingerprint density at radius 1 is 0.941 bits per heavy atom. The molecule has 0 spiro atoms. The summed E-state index contributed by atoms with van der Waals surface area (Å²) in [4.78, 5) is 14.6. The van der Waals surface area contributed by atoms with Gasteiger partial charge in [-0.3, -0.25) is 4.98 Å². The quantitative estimate of drug-likeness (QED) is 0.274. The van der Waals surface area contributed by atoms with Gasteiger partial charge in [-0.15, -0.1) is 0 Å². The third-order valence-corrected chi connectivity index (χ3v) is 4.93. The molecule has 3 aromatic heterocycles. The van der Waals surface area contributed by atoms with Crippen molar-refractivity contribution in [2.24, 2.45) is 0 Å². The molecule has 1 N–H and O–H groups in total. The van der Waals surface area contributed by atoms with Gasteiger partial charge in [0, 0.05) is 29.6 Å². The number of nitrogens with zero attached hydrogens (tertiary/aromatic N) is 3. The van der Waals surface area contributed by atoms with Gasteiger partial charge in [0.2, 0.25) is 5.95 Å². The normalized spacial score (nSPS) is 12.4. The molecule has 0 saturated heterocycles. The highest BCUT2D eigenvalue weighted by Crippen LogP contribution is 2.35. The van der Waals surface area contributed by atoms with Crippen molar-refractivity contribution in [3.63, 3.8) is 0 Å². The van der Waals surface area contributed by atoms with E-state index in [4.69, 9.17) is 9.47 Å². The number of benzene rings is 1. The number of halogens is 5. The van der Waals surface area contributed by atoms with Crippen LogP contribution in [0.4, 0.5) is 22.0 Å². The molecule has 0 aliphatic carbocycles. The summed E-state index contributed by atoms with van der Waals surface area (Å²) < 4.78 is 76.6. The summed E-state index contributed by atoms with van der Waals surface area (Å²) in [5.74, 6) is -0.559. The highest BCUT2D eigenvalue weighted by atomic mass is 19.4. The molecule has 4 rings (SSSR count). The Kier molecular flexibility index (Phi) is 6.18. The van der Waals surface area contributed by atoms with Crippen molar-refractivity contribution in [1.29, 1.82) is 0 Å². The van der Waals surface area contributed by atoms with E-state index in [1.54, 1.807) is 24.4 Å². The van der Waals surface area contributed by atoms with E-state index in [0.29, 0.717) is 40.7 Å². The first-order valence-corrected chi connectivity index (χ1v) is 9.90. The third kappa shape index (κ3) is 4.82. The van der Waals surface area contributed by atoms with Crippen LogP contribution < -0.4 is 9.47 Å². The second kappa shape index (κ2) is 9.08. The molecule has 3 heterocycles. The van der Waals surface area contributed by atoms with Gasteiger partial charge in [-0.25, -0.2) is 14.4 Å². The number of hydrogen-bond acceptors (Lipinski definition) is 5. The average molecular weight is 476 g/mol. The molecule has 4 aromatic rings. The molecular weight excluding hydrogens is 459 g/mol. The van der Waals surface area contributed by atoms with Crippen LogP contribution in [0.2, 0.25) is 0 Å². The van der Waals surface area contributed by atoms with Crippen molar-refractivity contribution in [3.05, 3.63) is 78.0 Å². The molecule has 0 aliphatic rings. The first kappa shape index (κ1) is 23.1. The summed E-state index contributed by atoms with van der Waals surface area (Å²) in [6, 6.07) is 7.97. The molecule has 0 fully saturated rings. The Morgan fingerprint density at radius 2 is 1.74 bits per heavy atom. The van der Waals surface area contributed by atoms with Gasteiger partial charge in [-0.05, 0) is 37.3 Å². The first-order chi connectivity index (χ1) is 16.2. The van der Waals surface area contributed by atoms with E-state index < -0.39 is 29.6 Å².